The lowest BCUT2D eigenvalue weighted by Crippen LogP contribution is -2.34. The van der Waals surface area contributed by atoms with Crippen LogP contribution in [-0.4, -0.2) is 55.0 Å². The molecule has 0 saturated carbocycles. The van der Waals surface area contributed by atoms with Crippen LogP contribution in [0.1, 0.15) is 332 Å². The van der Waals surface area contributed by atoms with Crippen LogP contribution in [0.25, 0.3) is 44.3 Å². The molecular weight excluding hydrogens is 990 g/mol. The molecule has 2 aliphatic rings. The number of rotatable bonds is 46. The zero-order valence-electron chi connectivity index (χ0n) is 51.0. The van der Waals surface area contributed by atoms with E-state index in [0.717, 1.165) is 110 Å². The van der Waals surface area contributed by atoms with Gasteiger partial charge in [0.25, 0.3) is 0 Å². The van der Waals surface area contributed by atoms with Crippen molar-refractivity contribution in [3.05, 3.63) is 46.5 Å². The minimum Gasteiger partial charge on any atom is -0.423 e. The highest BCUT2D eigenvalue weighted by Crippen LogP contribution is 2.62. The fourth-order valence-corrected chi connectivity index (χ4v) is 14.7. The molecule has 0 radical (unpaired) electrons. The van der Waals surface area contributed by atoms with Gasteiger partial charge in [0.2, 0.25) is 0 Å². The Morgan fingerprint density at radius 3 is 0.762 bits per heavy atom. The van der Waals surface area contributed by atoms with Gasteiger partial charge in [-0.1, -0.05) is 307 Å². The smallest absolute Gasteiger partial charge is 0.423 e. The minimum atomic E-state index is -1.73. The van der Waals surface area contributed by atoms with Gasteiger partial charge in [-0.15, -0.1) is 0 Å². The van der Waals surface area contributed by atoms with Crippen molar-refractivity contribution in [1.29, 1.82) is 0 Å². The van der Waals surface area contributed by atoms with Crippen molar-refractivity contribution in [2.45, 2.75) is 321 Å². The Kier molecular flexibility index (Phi) is 27.4. The number of hydrogen-bond donors (Lipinski definition) is 4. The normalized spacial score (nSPS) is 13.9. The Hall–Kier alpha value is -3.57. The lowest BCUT2D eigenvalue weighted by Gasteiger charge is -2.35. The maximum absolute atomic E-state index is 11.1. The van der Waals surface area contributed by atoms with E-state index in [2.05, 4.69) is 72.6 Å². The maximum Gasteiger partial charge on any atom is 0.490 e. The van der Waals surface area contributed by atoms with E-state index in [9.17, 15) is 20.1 Å². The largest absolute Gasteiger partial charge is 0.490 e. The zero-order valence-corrected chi connectivity index (χ0v) is 51.0. The summed E-state index contributed by atoms with van der Waals surface area (Å²) >= 11 is 0. The standard InChI is InChI=1S/C68H108B2N4O6/c1-5-9-13-17-21-25-29-33-37-41-45-67(46-42-38-34-30-26-22-18-14-10-6-2)55-49-54-56(50-53(55)61-57(67)51-59(69(75)76)63-65(61)73-79-71-63)68(47-43-39-35-31-27-23-19-15-11-7-3,48-44-40-36-32-28-24-20-16-12-8-4)58-52-60(70(77)78)64-66(62(54)58)74-80-72-64/h49-52,75-78H,5-48H2,1-4H3. The minimum absolute atomic E-state index is 0.350. The lowest BCUT2D eigenvalue weighted by molar-refractivity contribution is 0.315. The van der Waals surface area contributed by atoms with Crippen LogP contribution in [0.15, 0.2) is 33.5 Å². The van der Waals surface area contributed by atoms with Crippen LogP contribution in [0, 0.1) is 0 Å². The first-order valence-corrected chi connectivity index (χ1v) is 33.8. The molecule has 0 spiro atoms. The average molecular weight is 1100 g/mol. The summed E-state index contributed by atoms with van der Waals surface area (Å²) in [6.45, 7) is 9.14. The van der Waals surface area contributed by atoms with Gasteiger partial charge in [0.05, 0.1) is 0 Å². The molecule has 3 aromatic carbocycles. The molecule has 2 aliphatic carbocycles. The van der Waals surface area contributed by atoms with E-state index in [4.69, 9.17) is 9.26 Å². The predicted molar refractivity (Wildman–Crippen MR) is 335 cm³/mol. The Morgan fingerprint density at radius 2 is 0.525 bits per heavy atom. The van der Waals surface area contributed by atoms with Gasteiger partial charge in [-0.25, -0.2) is 9.26 Å². The van der Waals surface area contributed by atoms with E-state index < -0.39 is 25.1 Å². The van der Waals surface area contributed by atoms with E-state index in [0.29, 0.717) is 33.0 Å². The molecule has 0 saturated heterocycles. The number of benzene rings is 3. The maximum atomic E-state index is 11.1. The first-order chi connectivity index (χ1) is 39.3. The Labute approximate surface area is 484 Å². The number of nitrogens with zero attached hydrogens (tertiary/aromatic N) is 4. The molecule has 0 aliphatic heterocycles. The Bertz CT molecular complexity index is 2330. The van der Waals surface area contributed by atoms with Crippen LogP contribution < -0.4 is 10.9 Å². The van der Waals surface area contributed by atoms with E-state index in [1.165, 1.54) is 217 Å². The predicted octanol–water partition coefficient (Wildman–Crippen LogP) is 17.9. The van der Waals surface area contributed by atoms with E-state index >= 15 is 0 Å². The van der Waals surface area contributed by atoms with Gasteiger partial charge in [0.15, 0.2) is 0 Å². The molecule has 0 amide bonds. The molecule has 0 atom stereocenters. The molecule has 0 bridgehead atoms. The van der Waals surface area contributed by atoms with Crippen LogP contribution in [-0.2, 0) is 10.8 Å². The van der Waals surface area contributed by atoms with Crippen molar-refractivity contribution in [2.24, 2.45) is 0 Å². The second-order valence-electron chi connectivity index (χ2n) is 25.3. The monoisotopic (exact) mass is 1100 g/mol. The third-order valence-corrected chi connectivity index (χ3v) is 19.3. The summed E-state index contributed by atoms with van der Waals surface area (Å²) < 4.78 is 11.2. The van der Waals surface area contributed by atoms with Crippen molar-refractivity contribution < 1.29 is 29.4 Å². The van der Waals surface area contributed by atoms with Gasteiger partial charge in [0, 0.05) is 32.9 Å². The van der Waals surface area contributed by atoms with Crippen molar-refractivity contribution in [1.82, 2.24) is 20.6 Å². The fourth-order valence-electron chi connectivity index (χ4n) is 14.7. The molecule has 2 aromatic heterocycles. The number of unbranched alkanes of at least 4 members (excludes halogenated alkanes) is 36. The third kappa shape index (κ3) is 16.4. The highest BCUT2D eigenvalue weighted by atomic mass is 16.6. The van der Waals surface area contributed by atoms with Crippen molar-refractivity contribution >= 4 is 47.2 Å². The molecule has 10 nitrogen and oxygen atoms in total. The van der Waals surface area contributed by atoms with Crippen LogP contribution in [0.3, 0.4) is 0 Å². The summed E-state index contributed by atoms with van der Waals surface area (Å²) in [5, 5.41) is 62.6. The summed E-state index contributed by atoms with van der Waals surface area (Å²) in [6, 6.07) is 9.14. The molecule has 0 unspecified atom stereocenters. The summed E-state index contributed by atoms with van der Waals surface area (Å²) in [5.74, 6) is 0. The summed E-state index contributed by atoms with van der Waals surface area (Å²) in [6.07, 6.45) is 54.0. The van der Waals surface area contributed by atoms with Gasteiger partial charge in [-0.3, -0.25) is 0 Å². The molecule has 442 valence electrons. The van der Waals surface area contributed by atoms with E-state index in [1.807, 2.05) is 0 Å². The summed E-state index contributed by atoms with van der Waals surface area (Å²) in [5.41, 5.74) is 10.9. The van der Waals surface area contributed by atoms with E-state index in [-0.39, 0.29) is 0 Å². The van der Waals surface area contributed by atoms with Crippen molar-refractivity contribution in [2.75, 3.05) is 0 Å². The van der Waals surface area contributed by atoms with Gasteiger partial charge in [-0.2, -0.15) is 0 Å². The second-order valence-corrected chi connectivity index (χ2v) is 25.3. The van der Waals surface area contributed by atoms with Gasteiger partial charge >= 0.3 is 14.2 Å². The first kappa shape index (κ1) is 64.0. The first-order valence-electron chi connectivity index (χ1n) is 33.8. The molecular formula is C68H108B2N4O6. The number of aromatic nitrogens is 4. The van der Waals surface area contributed by atoms with Gasteiger partial charge < -0.3 is 20.1 Å². The molecule has 7 rings (SSSR count). The molecule has 5 aromatic rings. The SMILES string of the molecule is CCCCCCCCCCCCC1(CCCCCCCCCCCC)c2cc3c(cc2-c2c1cc(B(O)O)c1nonc21)C(CCCCCCCCCCCC)(CCCCCCCCCCCC)c1cc(B(O)O)c2nonc2c1-3. The molecule has 80 heavy (non-hydrogen) atoms. The highest BCUT2D eigenvalue weighted by Gasteiger charge is 2.50. The van der Waals surface area contributed by atoms with Crippen LogP contribution in [0.4, 0.5) is 0 Å². The number of hydrogen-bond acceptors (Lipinski definition) is 10. The zero-order chi connectivity index (χ0) is 56.4. The molecule has 0 fully saturated rings. The lowest BCUT2D eigenvalue weighted by atomic mass is 9.67. The molecule has 12 heteroatoms. The highest BCUT2D eigenvalue weighted by molar-refractivity contribution is 6.62. The second kappa shape index (κ2) is 34.3. The van der Waals surface area contributed by atoms with Gasteiger partial charge in [0.1, 0.15) is 22.1 Å². The van der Waals surface area contributed by atoms with Crippen LogP contribution in [0.5, 0.6) is 0 Å². The molecule has 4 N–H and O–H groups in total. The van der Waals surface area contributed by atoms with E-state index in [1.54, 1.807) is 0 Å². The van der Waals surface area contributed by atoms with Gasteiger partial charge in [-0.05, 0) is 81.5 Å². The van der Waals surface area contributed by atoms with Crippen molar-refractivity contribution in [3.8, 4) is 22.3 Å². The third-order valence-electron chi connectivity index (χ3n) is 19.3. The topological polar surface area (TPSA) is 159 Å². The summed E-state index contributed by atoms with van der Waals surface area (Å²) in [4.78, 5) is 0. The number of fused-ring (bicyclic) bond motifs is 10. The average Bonchev–Trinajstić information content (AvgIpc) is 4.46. The Balaban J connectivity index is 1.31. The van der Waals surface area contributed by atoms with Crippen molar-refractivity contribution in [3.63, 3.8) is 0 Å². The fraction of sp³-hybridized carbons (Fsp3) is 0.735. The van der Waals surface area contributed by atoms with Crippen LogP contribution >= 0.6 is 0 Å². The van der Waals surface area contributed by atoms with Crippen LogP contribution in [0.2, 0.25) is 0 Å². The molecule has 2 heterocycles. The quantitative estimate of drug-likeness (QED) is 0.0218. The summed E-state index contributed by atoms with van der Waals surface area (Å²) in [7, 11) is -3.47. The Morgan fingerprint density at radius 1 is 0.300 bits per heavy atom.